The molecule has 0 aliphatic carbocycles. The smallest absolute Gasteiger partial charge is 0.407 e. The van der Waals surface area contributed by atoms with Crippen molar-refractivity contribution < 1.29 is 43.1 Å². The summed E-state index contributed by atoms with van der Waals surface area (Å²) in [7, 11) is 0. The molecule has 22 nitrogen and oxygen atoms in total. The van der Waals surface area contributed by atoms with Crippen LogP contribution in [-0.2, 0) is 35.3 Å². The number of primary amides is 1. The lowest BCUT2D eigenvalue weighted by Gasteiger charge is -2.32. The van der Waals surface area contributed by atoms with Crippen LogP contribution >= 0.6 is 22.6 Å². The van der Waals surface area contributed by atoms with E-state index in [-0.39, 0.29) is 74.5 Å². The minimum Gasteiger partial charge on any atom is -0.445 e. The van der Waals surface area contributed by atoms with Gasteiger partial charge in [-0.25, -0.2) is 19.6 Å². The number of carbonyl (C=O) groups is 8. The molecule has 23 heteroatoms. The number of ether oxygens (including phenoxy) is 1. The van der Waals surface area contributed by atoms with Gasteiger partial charge in [-0.05, 0) is 110 Å². The fraction of sp³-hybridized carbons (Fsp3) is 0.491. The number of piperidine rings is 1. The molecule has 3 aromatic rings. The maximum atomic E-state index is 13.5. The van der Waals surface area contributed by atoms with Crippen molar-refractivity contribution in [1.82, 2.24) is 36.5 Å². The number of amidine groups is 1. The first-order chi connectivity index (χ1) is 37.5. The third-order valence-corrected chi connectivity index (χ3v) is 13.7. The van der Waals surface area contributed by atoms with Crippen molar-refractivity contribution in [2.45, 2.75) is 111 Å². The Morgan fingerprint density at radius 1 is 0.821 bits per heavy atom. The van der Waals surface area contributed by atoms with Gasteiger partial charge in [0.1, 0.15) is 30.3 Å². The summed E-state index contributed by atoms with van der Waals surface area (Å²) in [6.45, 7) is 10.7. The van der Waals surface area contributed by atoms with E-state index in [4.69, 9.17) is 16.2 Å². The summed E-state index contributed by atoms with van der Waals surface area (Å²) in [4.78, 5) is 116. The largest absolute Gasteiger partial charge is 0.445 e. The number of amides is 9. The molecule has 0 radical (unpaired) electrons. The van der Waals surface area contributed by atoms with Gasteiger partial charge in [0, 0.05) is 87.0 Å². The second-order valence-electron chi connectivity index (χ2n) is 19.5. The van der Waals surface area contributed by atoms with E-state index in [1.807, 2.05) is 30.9 Å². The molecule has 1 saturated heterocycles. The number of alkyl carbamates (subject to hydrolysis) is 1. The lowest BCUT2D eigenvalue weighted by Crippen LogP contribution is -2.54. The molecule has 11 N–H and O–H groups in total. The van der Waals surface area contributed by atoms with Crippen LogP contribution in [0.2, 0.25) is 0 Å². The molecule has 0 saturated carbocycles. The number of unbranched alkanes of at least 4 members (excludes halogenated alkanes) is 1. The van der Waals surface area contributed by atoms with Gasteiger partial charge in [0.15, 0.2) is 0 Å². The predicted octanol–water partition coefficient (Wildman–Crippen LogP) is 5.64. The number of rotatable bonds is 28. The number of nitrogens with two attached hydrogens (primary N) is 2. The normalized spacial score (nSPS) is 14.0. The molecular weight excluding hydrogens is 1110 g/mol. The molecule has 422 valence electrons. The maximum Gasteiger partial charge on any atom is 0.407 e. The highest BCUT2D eigenvalue weighted by molar-refractivity contribution is 14.1. The Morgan fingerprint density at radius 3 is 2.18 bits per heavy atom. The molecule has 5 rings (SSSR count). The molecule has 1 fully saturated rings. The Morgan fingerprint density at radius 2 is 1.53 bits per heavy atom. The van der Waals surface area contributed by atoms with Crippen molar-refractivity contribution in [3.8, 4) is 0 Å². The van der Waals surface area contributed by atoms with Gasteiger partial charge in [0.25, 0.3) is 5.91 Å². The molecule has 0 bridgehead atoms. The van der Waals surface area contributed by atoms with Crippen LogP contribution in [0.3, 0.4) is 0 Å². The summed E-state index contributed by atoms with van der Waals surface area (Å²) < 4.78 is 6.28. The van der Waals surface area contributed by atoms with Gasteiger partial charge in [-0.1, -0.05) is 68.5 Å². The third-order valence-electron chi connectivity index (χ3n) is 12.9. The number of aromatic nitrogens is 1. The Labute approximate surface area is 470 Å². The Bertz CT molecular complexity index is 2600. The summed E-state index contributed by atoms with van der Waals surface area (Å²) >= 11 is 2.25. The van der Waals surface area contributed by atoms with Crippen molar-refractivity contribution in [3.63, 3.8) is 0 Å². The van der Waals surface area contributed by atoms with Crippen molar-refractivity contribution in [1.29, 1.82) is 0 Å². The second-order valence-corrected chi connectivity index (χ2v) is 20.6. The van der Waals surface area contributed by atoms with Crippen molar-refractivity contribution in [3.05, 3.63) is 83.1 Å². The van der Waals surface area contributed by atoms with Crippen LogP contribution in [-0.4, -0.2) is 126 Å². The average Bonchev–Trinajstić information content (AvgIpc) is 3.64. The van der Waals surface area contributed by atoms with Gasteiger partial charge < -0.3 is 63.2 Å². The molecule has 2 unspecified atom stereocenters. The zero-order valence-electron chi connectivity index (χ0n) is 45.1. The average molecular weight is 1190 g/mol. The molecule has 2 aliphatic heterocycles. The number of benzene rings is 2. The number of pyridine rings is 1. The number of nitrogens with zero attached hydrogens (tertiary/aromatic N) is 4. The van der Waals surface area contributed by atoms with Gasteiger partial charge in [-0.15, -0.1) is 0 Å². The van der Waals surface area contributed by atoms with Crippen molar-refractivity contribution >= 4 is 105 Å². The van der Waals surface area contributed by atoms with Gasteiger partial charge in [0.05, 0.1) is 17.6 Å². The molecule has 78 heavy (non-hydrogen) atoms. The van der Waals surface area contributed by atoms with Gasteiger partial charge in [0.2, 0.25) is 29.5 Å². The number of hydrogen-bond acceptors (Lipinski definition) is 13. The zero-order chi connectivity index (χ0) is 56.6. The summed E-state index contributed by atoms with van der Waals surface area (Å²) in [5, 5.41) is 19.3. The number of carbonyl (C=O) groups excluding carboxylic acids is 8. The molecule has 9 amide bonds. The highest BCUT2D eigenvalue weighted by Crippen LogP contribution is 2.29. The molecule has 2 aliphatic rings. The third kappa shape index (κ3) is 19.9. The van der Waals surface area contributed by atoms with Gasteiger partial charge in [-0.2, -0.15) is 0 Å². The zero-order valence-corrected chi connectivity index (χ0v) is 47.2. The number of fused-ring (bicyclic) bond motifs is 1. The van der Waals surface area contributed by atoms with E-state index >= 15 is 0 Å². The molecule has 2 aromatic carbocycles. The summed E-state index contributed by atoms with van der Waals surface area (Å²) in [6, 6.07) is 12.8. The fourth-order valence-electron chi connectivity index (χ4n) is 8.77. The van der Waals surface area contributed by atoms with Crippen molar-refractivity contribution in [2.24, 2.45) is 28.3 Å². The summed E-state index contributed by atoms with van der Waals surface area (Å²) in [6.07, 6.45) is 8.22. The minimum absolute atomic E-state index is 0.0593. The first kappa shape index (κ1) is 61.5. The summed E-state index contributed by atoms with van der Waals surface area (Å²) in [5.74, 6) is -1.22. The fourth-order valence-corrected chi connectivity index (χ4v) is 9.30. The predicted molar refractivity (Wildman–Crippen MR) is 309 cm³/mol. The molecular formula is C55H76IN13O9. The first-order valence-corrected chi connectivity index (χ1v) is 28.3. The SMILES string of the molecule is CCCN(CCC)C(=O)C1=Cc2ccc(C(=O)Nc3ccc(N4CCC(C(=O)NCCNC(=O)OCc5ccc(NC(=O)C(CCCNC(N)=O)NC(=O)C(NC(=O)CCCCI)C(C)C)cc5)CC4)nc3)cc2N=C(N)C1. The number of nitrogens with one attached hydrogen (secondary N) is 7. The highest BCUT2D eigenvalue weighted by Gasteiger charge is 2.30. The highest BCUT2D eigenvalue weighted by atomic mass is 127. The number of anilines is 3. The number of hydrogen-bond donors (Lipinski definition) is 9. The van der Waals surface area contributed by atoms with Crippen molar-refractivity contribution in [2.75, 3.05) is 65.8 Å². The Hall–Kier alpha value is -7.31. The minimum atomic E-state index is -0.995. The van der Waals surface area contributed by atoms with E-state index < -0.39 is 36.0 Å². The van der Waals surface area contributed by atoms with E-state index in [2.05, 4.69) is 74.7 Å². The van der Waals surface area contributed by atoms with E-state index in [1.165, 1.54) is 0 Å². The standard InChI is InChI=1S/C55H76IN13O9/c1-5-26-69(27-6-2)53(75)40-30-38-14-15-39(31-44(38)65-45(57)32-40)50(72)64-42-18-19-46(62-33-42)68-28-20-37(21-29-68)49(71)59-24-25-61-55(77)78-34-36-12-16-41(17-13-36)63-51(73)43(10-9-23-60-54(58)76)66-52(74)48(35(3)4)67-47(70)11-7-8-22-56/h12-19,30-31,33,35,37,43,48H,5-11,20-29,32,34H2,1-4H3,(H2,57,65)(H,59,71)(H,61,77)(H,63,73)(H,64,72)(H,66,74)(H,67,70)(H3,58,60,76). The Balaban J connectivity index is 1.00. The van der Waals surface area contributed by atoms with Gasteiger partial charge >= 0.3 is 12.1 Å². The molecule has 1 aromatic heterocycles. The second kappa shape index (κ2) is 31.8. The van der Waals surface area contributed by atoms with Crippen LogP contribution in [0.1, 0.15) is 113 Å². The first-order valence-electron chi connectivity index (χ1n) is 26.7. The summed E-state index contributed by atoms with van der Waals surface area (Å²) in [5.41, 5.74) is 15.2. The van der Waals surface area contributed by atoms with E-state index in [1.54, 1.807) is 68.6 Å². The van der Waals surface area contributed by atoms with Crippen LogP contribution in [0, 0.1) is 11.8 Å². The van der Waals surface area contributed by atoms with Crippen LogP contribution in [0.25, 0.3) is 6.08 Å². The lowest BCUT2D eigenvalue weighted by molar-refractivity contribution is -0.132. The molecule has 3 heterocycles. The topological polar surface area (TPSA) is 314 Å². The number of urea groups is 1. The number of halogens is 1. The van der Waals surface area contributed by atoms with Crippen LogP contribution in [0.5, 0.6) is 0 Å². The van der Waals surface area contributed by atoms with Crippen LogP contribution in [0.4, 0.5) is 32.5 Å². The van der Waals surface area contributed by atoms with Crippen LogP contribution < -0.4 is 53.6 Å². The number of alkyl halides is 1. The van der Waals surface area contributed by atoms with E-state index in [0.29, 0.717) is 109 Å². The quantitative estimate of drug-likeness (QED) is 0.0243. The monoisotopic (exact) mass is 1190 g/mol. The maximum absolute atomic E-state index is 13.5. The van der Waals surface area contributed by atoms with Crippen LogP contribution in [0.15, 0.2) is 71.4 Å². The lowest BCUT2D eigenvalue weighted by atomic mass is 9.96. The molecule has 2 atom stereocenters. The van der Waals surface area contributed by atoms with E-state index in [9.17, 15) is 38.4 Å². The number of aliphatic imine (C=N–C) groups is 1. The van der Waals surface area contributed by atoms with E-state index in [0.717, 1.165) is 23.7 Å². The molecule has 0 spiro atoms. The van der Waals surface area contributed by atoms with Gasteiger partial charge in [-0.3, -0.25) is 28.8 Å². The Kier molecular flexibility index (Phi) is 25.1.